The van der Waals surface area contributed by atoms with E-state index >= 15 is 0 Å². The standard InChI is InChI=1S/C24H36N4O6S/c1-24(2)23(30)27(10-5-11-33-3)20-13-19(8-9-21(20)34-24)28(18-6-7-18)22(29)16-12-17(15-25-14-16)26-35(4,31)32/h8-9,13,16-18,25-26H,5-7,10-12,14-15H2,1-4H3/t16-,17+/m1/s1. The quantitative estimate of drug-likeness (QED) is 0.482. The van der Waals surface area contributed by atoms with Gasteiger partial charge >= 0.3 is 0 Å². The molecule has 2 atom stereocenters. The molecule has 35 heavy (non-hydrogen) atoms. The van der Waals surface area contributed by atoms with Crippen LogP contribution in [0, 0.1) is 5.92 Å². The summed E-state index contributed by atoms with van der Waals surface area (Å²) in [6.07, 6.45) is 4.06. The Bertz CT molecular complexity index is 1070. The lowest BCUT2D eigenvalue weighted by molar-refractivity contribution is -0.132. The molecule has 0 radical (unpaired) electrons. The number of ether oxygens (including phenoxy) is 2. The molecule has 1 saturated carbocycles. The first-order valence-electron chi connectivity index (χ1n) is 12.1. The van der Waals surface area contributed by atoms with Gasteiger partial charge in [-0.15, -0.1) is 0 Å². The number of benzene rings is 1. The predicted molar refractivity (Wildman–Crippen MR) is 133 cm³/mol. The van der Waals surface area contributed by atoms with E-state index in [4.69, 9.17) is 9.47 Å². The Balaban J connectivity index is 1.60. The van der Waals surface area contributed by atoms with Crippen LogP contribution in [0.1, 0.15) is 39.5 Å². The van der Waals surface area contributed by atoms with Crippen LogP contribution < -0.4 is 24.6 Å². The number of piperidine rings is 1. The maximum absolute atomic E-state index is 13.7. The Labute approximate surface area is 207 Å². The Morgan fingerprint density at radius 1 is 1.31 bits per heavy atom. The van der Waals surface area contributed by atoms with Gasteiger partial charge < -0.3 is 24.6 Å². The van der Waals surface area contributed by atoms with Crippen LogP contribution in [0.15, 0.2) is 18.2 Å². The molecule has 4 rings (SSSR count). The number of nitrogens with zero attached hydrogens (tertiary/aromatic N) is 2. The van der Waals surface area contributed by atoms with Gasteiger partial charge in [-0.05, 0) is 57.7 Å². The van der Waals surface area contributed by atoms with Crippen molar-refractivity contribution >= 4 is 33.2 Å². The molecule has 0 unspecified atom stereocenters. The summed E-state index contributed by atoms with van der Waals surface area (Å²) in [6, 6.07) is 5.34. The van der Waals surface area contributed by atoms with E-state index < -0.39 is 15.6 Å². The lowest BCUT2D eigenvalue weighted by Crippen LogP contribution is -2.53. The highest BCUT2D eigenvalue weighted by Crippen LogP contribution is 2.42. The molecule has 0 aromatic heterocycles. The third-order valence-corrected chi connectivity index (χ3v) is 7.36. The van der Waals surface area contributed by atoms with E-state index in [1.165, 1.54) is 0 Å². The zero-order valence-corrected chi connectivity index (χ0v) is 21.7. The van der Waals surface area contributed by atoms with Crippen LogP contribution >= 0.6 is 0 Å². The molecule has 1 aromatic rings. The number of rotatable bonds is 9. The monoisotopic (exact) mass is 508 g/mol. The van der Waals surface area contributed by atoms with Gasteiger partial charge in [0, 0.05) is 51.1 Å². The van der Waals surface area contributed by atoms with Gasteiger partial charge in [0.2, 0.25) is 15.9 Å². The fraction of sp³-hybridized carbons (Fsp3) is 0.667. The maximum Gasteiger partial charge on any atom is 0.270 e. The molecule has 2 fully saturated rings. The highest BCUT2D eigenvalue weighted by molar-refractivity contribution is 7.88. The number of nitrogens with one attached hydrogen (secondary N) is 2. The van der Waals surface area contributed by atoms with Crippen LogP contribution in [0.5, 0.6) is 5.75 Å². The SMILES string of the molecule is COCCCN1C(=O)C(C)(C)Oc2ccc(N(C(=O)[C@H]3CNC[C@@H](NS(C)(=O)=O)C3)C3CC3)cc21. The number of methoxy groups -OCH3 is 1. The predicted octanol–water partition coefficient (Wildman–Crippen LogP) is 1.25. The van der Waals surface area contributed by atoms with Crippen LogP contribution in [0.25, 0.3) is 0 Å². The van der Waals surface area contributed by atoms with E-state index in [1.54, 1.807) is 25.9 Å². The summed E-state index contributed by atoms with van der Waals surface area (Å²) >= 11 is 0. The van der Waals surface area contributed by atoms with Crippen molar-refractivity contribution in [2.75, 3.05) is 49.4 Å². The third-order valence-electron chi connectivity index (χ3n) is 6.60. The number of hydrogen-bond acceptors (Lipinski definition) is 7. The van der Waals surface area contributed by atoms with E-state index in [2.05, 4.69) is 10.0 Å². The minimum absolute atomic E-state index is 0.0331. The van der Waals surface area contributed by atoms with Gasteiger partial charge in [0.25, 0.3) is 5.91 Å². The highest BCUT2D eigenvalue weighted by Gasteiger charge is 2.43. The fourth-order valence-electron chi connectivity index (χ4n) is 4.86. The number of amides is 2. The van der Waals surface area contributed by atoms with Crippen molar-refractivity contribution in [3.05, 3.63) is 18.2 Å². The lowest BCUT2D eigenvalue weighted by Gasteiger charge is -2.40. The van der Waals surface area contributed by atoms with Crippen molar-refractivity contribution < 1.29 is 27.5 Å². The second-order valence-electron chi connectivity index (χ2n) is 10.2. The van der Waals surface area contributed by atoms with Gasteiger partial charge in [-0.25, -0.2) is 13.1 Å². The molecule has 1 aliphatic carbocycles. The number of sulfonamides is 1. The van der Waals surface area contributed by atoms with Gasteiger partial charge in [0.15, 0.2) is 5.60 Å². The second-order valence-corrected chi connectivity index (χ2v) is 12.0. The first kappa shape index (κ1) is 25.9. The topological polar surface area (TPSA) is 117 Å². The summed E-state index contributed by atoms with van der Waals surface area (Å²) < 4.78 is 37.2. The molecule has 1 aromatic carbocycles. The molecule has 2 heterocycles. The number of fused-ring (bicyclic) bond motifs is 1. The van der Waals surface area contributed by atoms with E-state index in [0.717, 1.165) is 24.8 Å². The summed E-state index contributed by atoms with van der Waals surface area (Å²) in [7, 11) is -1.73. The minimum Gasteiger partial charge on any atom is -0.476 e. The summed E-state index contributed by atoms with van der Waals surface area (Å²) in [5.41, 5.74) is 0.394. The maximum atomic E-state index is 13.7. The van der Waals surface area contributed by atoms with Crippen molar-refractivity contribution in [2.45, 2.75) is 57.2 Å². The minimum atomic E-state index is -3.37. The first-order valence-corrected chi connectivity index (χ1v) is 14.0. The molecule has 0 spiro atoms. The second kappa shape index (κ2) is 10.0. The van der Waals surface area contributed by atoms with Crippen molar-refractivity contribution in [2.24, 2.45) is 5.92 Å². The third kappa shape index (κ3) is 5.96. The molecule has 2 N–H and O–H groups in total. The smallest absolute Gasteiger partial charge is 0.270 e. The normalized spacial score (nSPS) is 24.0. The Hall–Kier alpha value is -2.21. The molecular formula is C24H36N4O6S. The number of anilines is 2. The van der Waals surface area contributed by atoms with Crippen LogP contribution in [-0.2, 0) is 24.3 Å². The van der Waals surface area contributed by atoms with Crippen LogP contribution in [-0.4, -0.2) is 77.5 Å². The summed E-state index contributed by atoms with van der Waals surface area (Å²) in [4.78, 5) is 30.4. The summed E-state index contributed by atoms with van der Waals surface area (Å²) in [5, 5.41) is 3.20. The van der Waals surface area contributed by atoms with E-state index in [0.29, 0.717) is 50.5 Å². The van der Waals surface area contributed by atoms with Crippen molar-refractivity contribution in [1.82, 2.24) is 10.0 Å². The molecule has 11 heteroatoms. The number of carbonyl (C=O) groups is 2. The zero-order chi connectivity index (χ0) is 25.4. The molecule has 3 aliphatic rings. The molecule has 2 amide bonds. The van der Waals surface area contributed by atoms with Gasteiger partial charge in [0.1, 0.15) is 5.75 Å². The molecule has 2 aliphatic heterocycles. The largest absolute Gasteiger partial charge is 0.476 e. The van der Waals surface area contributed by atoms with Crippen molar-refractivity contribution in [3.63, 3.8) is 0 Å². The van der Waals surface area contributed by atoms with E-state index in [1.807, 2.05) is 23.1 Å². The molecule has 0 bridgehead atoms. The van der Waals surface area contributed by atoms with Crippen LogP contribution in [0.4, 0.5) is 11.4 Å². The Kier molecular flexibility index (Phi) is 7.42. The average molecular weight is 509 g/mol. The number of hydrogen-bond donors (Lipinski definition) is 2. The van der Waals surface area contributed by atoms with E-state index in [9.17, 15) is 18.0 Å². The van der Waals surface area contributed by atoms with Gasteiger partial charge in [-0.2, -0.15) is 0 Å². The molecule has 1 saturated heterocycles. The molecular weight excluding hydrogens is 472 g/mol. The summed E-state index contributed by atoms with van der Waals surface area (Å²) in [6.45, 7) is 5.51. The zero-order valence-electron chi connectivity index (χ0n) is 20.9. The Morgan fingerprint density at radius 3 is 2.71 bits per heavy atom. The Morgan fingerprint density at radius 2 is 2.06 bits per heavy atom. The van der Waals surface area contributed by atoms with Gasteiger partial charge in [-0.3, -0.25) is 9.59 Å². The van der Waals surface area contributed by atoms with Crippen molar-refractivity contribution in [1.29, 1.82) is 0 Å². The van der Waals surface area contributed by atoms with Gasteiger partial charge in [-0.1, -0.05) is 0 Å². The van der Waals surface area contributed by atoms with Gasteiger partial charge in [0.05, 0.1) is 17.9 Å². The average Bonchev–Trinajstić information content (AvgIpc) is 3.61. The first-order chi connectivity index (χ1) is 16.5. The fourth-order valence-corrected chi connectivity index (χ4v) is 5.65. The molecule has 10 nitrogen and oxygen atoms in total. The number of carbonyl (C=O) groups excluding carboxylic acids is 2. The van der Waals surface area contributed by atoms with E-state index in [-0.39, 0.29) is 29.8 Å². The van der Waals surface area contributed by atoms with Crippen LogP contribution in [0.3, 0.4) is 0 Å². The lowest BCUT2D eigenvalue weighted by atomic mass is 9.94. The van der Waals surface area contributed by atoms with Crippen LogP contribution in [0.2, 0.25) is 0 Å². The molecule has 194 valence electrons. The summed E-state index contributed by atoms with van der Waals surface area (Å²) in [5.74, 6) is 0.0907. The highest BCUT2D eigenvalue weighted by atomic mass is 32.2. The van der Waals surface area contributed by atoms with Crippen molar-refractivity contribution in [3.8, 4) is 5.75 Å².